The van der Waals surface area contributed by atoms with E-state index in [4.69, 9.17) is 0 Å². The maximum Gasteiger partial charge on any atom is 0.225 e. The average molecular weight is 236 g/mol. The van der Waals surface area contributed by atoms with E-state index in [0.717, 1.165) is 25.9 Å². The monoisotopic (exact) mass is 236 g/mol. The number of hydrogen-bond donors (Lipinski definition) is 0. The topological polar surface area (TPSA) is 25.2 Å². The van der Waals surface area contributed by atoms with Crippen LogP contribution in [0, 0.1) is 5.92 Å². The van der Waals surface area contributed by atoms with E-state index in [0.29, 0.717) is 0 Å². The van der Waals surface area contributed by atoms with Crippen LogP contribution in [0.25, 0.3) is 0 Å². The summed E-state index contributed by atoms with van der Waals surface area (Å²) >= 11 is 0. The first kappa shape index (κ1) is 13.8. The van der Waals surface area contributed by atoms with Crippen LogP contribution >= 0.6 is 0 Å². The van der Waals surface area contributed by atoms with Crippen LogP contribution < -0.4 is 0 Å². The number of carbonyl (C=O) groups excluding carboxylic acids is 1. The van der Waals surface area contributed by atoms with Crippen molar-refractivity contribution in [2.24, 2.45) is 13.0 Å². The lowest BCUT2D eigenvalue weighted by Gasteiger charge is -2.24. The molecule has 17 heavy (non-hydrogen) atoms. The quantitative estimate of drug-likeness (QED) is 0.745. The normalized spacial score (nSPS) is 10.9. The number of aryl methyl sites for hydroxylation is 1. The van der Waals surface area contributed by atoms with Crippen molar-refractivity contribution in [3.63, 3.8) is 0 Å². The number of nitrogens with zero attached hydrogens (tertiary/aromatic N) is 2. The van der Waals surface area contributed by atoms with Crippen molar-refractivity contribution >= 4 is 5.91 Å². The molecule has 0 fully saturated rings. The summed E-state index contributed by atoms with van der Waals surface area (Å²) in [7, 11) is 2.02. The molecule has 0 aliphatic rings. The Balaban J connectivity index is 2.70. The van der Waals surface area contributed by atoms with Gasteiger partial charge in [-0.25, -0.2) is 0 Å². The van der Waals surface area contributed by atoms with E-state index in [1.54, 1.807) is 0 Å². The van der Waals surface area contributed by atoms with Gasteiger partial charge in [0.2, 0.25) is 5.91 Å². The number of amides is 1. The largest absolute Gasteiger partial charge is 0.353 e. The highest BCUT2D eigenvalue weighted by molar-refractivity contribution is 5.78. The van der Waals surface area contributed by atoms with Crippen LogP contribution in [0.2, 0.25) is 0 Å². The van der Waals surface area contributed by atoms with E-state index in [2.05, 4.69) is 17.6 Å². The fraction of sp³-hybridized carbons (Fsp3) is 0.643. The first-order valence-corrected chi connectivity index (χ1v) is 6.45. The van der Waals surface area contributed by atoms with Crippen LogP contribution in [-0.4, -0.2) is 21.9 Å². The van der Waals surface area contributed by atoms with Crippen LogP contribution in [0.15, 0.2) is 18.3 Å². The van der Waals surface area contributed by atoms with Crippen molar-refractivity contribution < 1.29 is 4.79 Å². The molecular formula is C14H24N2O. The van der Waals surface area contributed by atoms with Gasteiger partial charge in [0.15, 0.2) is 0 Å². The zero-order chi connectivity index (χ0) is 12.8. The highest BCUT2D eigenvalue weighted by atomic mass is 16.2. The minimum atomic E-state index is 0.0760. The van der Waals surface area contributed by atoms with Crippen LogP contribution in [0.4, 0.5) is 0 Å². The molecule has 0 aliphatic carbocycles. The maximum absolute atomic E-state index is 12.1. The molecule has 1 rings (SSSR count). The van der Waals surface area contributed by atoms with Crippen LogP contribution in [0.3, 0.4) is 0 Å². The van der Waals surface area contributed by atoms with E-state index in [-0.39, 0.29) is 11.8 Å². The SMILES string of the molecule is CCCCN(Cc1cccn1C)C(=O)C(C)C. The summed E-state index contributed by atoms with van der Waals surface area (Å²) in [4.78, 5) is 14.1. The van der Waals surface area contributed by atoms with Crippen molar-refractivity contribution in [1.29, 1.82) is 0 Å². The summed E-state index contributed by atoms with van der Waals surface area (Å²) in [6, 6.07) is 4.10. The molecule has 0 atom stereocenters. The van der Waals surface area contributed by atoms with Crippen LogP contribution in [-0.2, 0) is 18.4 Å². The number of rotatable bonds is 6. The van der Waals surface area contributed by atoms with Crippen LogP contribution in [0.1, 0.15) is 39.3 Å². The third-order valence-corrected chi connectivity index (χ3v) is 2.99. The molecule has 0 bridgehead atoms. The highest BCUT2D eigenvalue weighted by Crippen LogP contribution is 2.10. The molecule has 0 radical (unpaired) electrons. The lowest BCUT2D eigenvalue weighted by molar-refractivity contribution is -0.135. The summed E-state index contributed by atoms with van der Waals surface area (Å²) in [5.41, 5.74) is 1.19. The summed E-state index contributed by atoms with van der Waals surface area (Å²) in [5.74, 6) is 0.326. The zero-order valence-corrected chi connectivity index (χ0v) is 11.4. The summed E-state index contributed by atoms with van der Waals surface area (Å²) in [5, 5.41) is 0. The molecule has 0 N–H and O–H groups in total. The van der Waals surface area contributed by atoms with Gasteiger partial charge in [-0.15, -0.1) is 0 Å². The van der Waals surface area contributed by atoms with E-state index in [1.807, 2.05) is 38.1 Å². The van der Waals surface area contributed by atoms with Gasteiger partial charge in [-0.1, -0.05) is 27.2 Å². The van der Waals surface area contributed by atoms with Crippen LogP contribution in [0.5, 0.6) is 0 Å². The second-order valence-electron chi connectivity index (χ2n) is 4.88. The van der Waals surface area contributed by atoms with Crippen molar-refractivity contribution in [2.45, 2.75) is 40.2 Å². The Morgan fingerprint density at radius 2 is 2.18 bits per heavy atom. The van der Waals surface area contributed by atoms with Gasteiger partial charge in [-0.2, -0.15) is 0 Å². The summed E-state index contributed by atoms with van der Waals surface area (Å²) in [6.07, 6.45) is 4.21. The smallest absolute Gasteiger partial charge is 0.225 e. The second kappa shape index (κ2) is 6.48. The Bertz CT molecular complexity index is 355. The molecule has 3 nitrogen and oxygen atoms in total. The maximum atomic E-state index is 12.1. The van der Waals surface area contributed by atoms with Crippen molar-refractivity contribution in [1.82, 2.24) is 9.47 Å². The molecule has 1 aromatic heterocycles. The van der Waals surface area contributed by atoms with E-state index in [1.165, 1.54) is 5.69 Å². The van der Waals surface area contributed by atoms with Gasteiger partial charge in [-0.05, 0) is 18.6 Å². The van der Waals surface area contributed by atoms with Gasteiger partial charge < -0.3 is 9.47 Å². The molecule has 0 saturated heterocycles. The Labute approximate surface area is 104 Å². The predicted octanol–water partition coefficient (Wildman–Crippen LogP) is 2.81. The first-order valence-electron chi connectivity index (χ1n) is 6.45. The van der Waals surface area contributed by atoms with Crippen molar-refractivity contribution in [3.05, 3.63) is 24.0 Å². The number of hydrogen-bond acceptors (Lipinski definition) is 1. The van der Waals surface area contributed by atoms with Gasteiger partial charge in [0.25, 0.3) is 0 Å². The Kier molecular flexibility index (Phi) is 5.26. The van der Waals surface area contributed by atoms with Crippen molar-refractivity contribution in [2.75, 3.05) is 6.54 Å². The molecular weight excluding hydrogens is 212 g/mol. The number of carbonyl (C=O) groups is 1. The van der Waals surface area contributed by atoms with Gasteiger partial charge in [-0.3, -0.25) is 4.79 Å². The molecule has 96 valence electrons. The Morgan fingerprint density at radius 1 is 1.47 bits per heavy atom. The predicted molar refractivity (Wildman–Crippen MR) is 70.6 cm³/mol. The van der Waals surface area contributed by atoms with E-state index in [9.17, 15) is 4.79 Å². The molecule has 1 heterocycles. The minimum Gasteiger partial charge on any atom is -0.353 e. The molecule has 1 aromatic rings. The molecule has 0 spiro atoms. The number of unbranched alkanes of at least 4 members (excludes halogenated alkanes) is 1. The van der Waals surface area contributed by atoms with E-state index >= 15 is 0 Å². The summed E-state index contributed by atoms with van der Waals surface area (Å²) < 4.78 is 2.08. The fourth-order valence-corrected chi connectivity index (χ4v) is 1.84. The third kappa shape index (κ3) is 3.91. The standard InChI is InChI=1S/C14H24N2O/c1-5-6-10-16(14(17)12(2)3)11-13-8-7-9-15(13)4/h7-9,12H,5-6,10-11H2,1-4H3. The van der Waals surface area contributed by atoms with E-state index < -0.39 is 0 Å². The van der Waals surface area contributed by atoms with Gasteiger partial charge in [0.1, 0.15) is 0 Å². The van der Waals surface area contributed by atoms with Gasteiger partial charge in [0.05, 0.1) is 6.54 Å². The van der Waals surface area contributed by atoms with Crippen molar-refractivity contribution in [3.8, 4) is 0 Å². The lowest BCUT2D eigenvalue weighted by Crippen LogP contribution is -2.35. The Hall–Kier alpha value is -1.25. The summed E-state index contributed by atoms with van der Waals surface area (Å²) in [6.45, 7) is 7.66. The fourth-order valence-electron chi connectivity index (χ4n) is 1.84. The Morgan fingerprint density at radius 3 is 2.65 bits per heavy atom. The molecule has 3 heteroatoms. The third-order valence-electron chi connectivity index (χ3n) is 2.99. The first-order chi connectivity index (χ1) is 8.06. The highest BCUT2D eigenvalue weighted by Gasteiger charge is 2.17. The molecule has 0 aromatic carbocycles. The molecule has 0 aliphatic heterocycles. The van der Waals surface area contributed by atoms with Gasteiger partial charge >= 0.3 is 0 Å². The molecule has 0 unspecified atom stereocenters. The average Bonchev–Trinajstić information content (AvgIpc) is 2.69. The number of aromatic nitrogens is 1. The minimum absolute atomic E-state index is 0.0760. The molecule has 1 amide bonds. The van der Waals surface area contributed by atoms with Gasteiger partial charge in [0, 0.05) is 31.4 Å². The zero-order valence-electron chi connectivity index (χ0n) is 11.4. The lowest BCUT2D eigenvalue weighted by atomic mass is 10.1. The molecule has 0 saturated carbocycles. The second-order valence-corrected chi connectivity index (χ2v) is 4.88.